The van der Waals surface area contributed by atoms with Crippen molar-refractivity contribution in [3.63, 3.8) is 0 Å². The number of amides is 1. The van der Waals surface area contributed by atoms with Gasteiger partial charge in [0.25, 0.3) is 0 Å². The Morgan fingerprint density at radius 2 is 0.982 bits per heavy atom. The van der Waals surface area contributed by atoms with Crippen LogP contribution in [0.25, 0.3) is 0 Å². The Hall–Kier alpha value is -2.67. The number of ether oxygens (including phenoxy) is 1. The van der Waals surface area contributed by atoms with E-state index in [9.17, 15) is 19.5 Å². The lowest BCUT2D eigenvalue weighted by atomic mass is 10.0. The van der Waals surface area contributed by atoms with Crippen molar-refractivity contribution < 1.29 is 24.2 Å². The van der Waals surface area contributed by atoms with Gasteiger partial charge >= 0.3 is 11.9 Å². The summed E-state index contributed by atoms with van der Waals surface area (Å²) >= 11 is 0. The van der Waals surface area contributed by atoms with Crippen LogP contribution in [0.1, 0.15) is 226 Å². The van der Waals surface area contributed by atoms with E-state index in [1.54, 1.807) is 0 Å². The number of unbranched alkanes of at least 4 members (excludes halogenated alkanes) is 22. The molecular weight excluding hydrogens is 697 g/mol. The van der Waals surface area contributed by atoms with Crippen LogP contribution in [0.5, 0.6) is 0 Å². The lowest BCUT2D eigenvalue weighted by molar-refractivity contribution is -0.147. The molecule has 0 aliphatic heterocycles. The number of aliphatic carboxylic acids is 1. The van der Waals surface area contributed by atoms with E-state index in [1.807, 2.05) is 0 Å². The maximum Gasteiger partial charge on any atom is 0.326 e. The van der Waals surface area contributed by atoms with Gasteiger partial charge in [0.15, 0.2) is 0 Å². The normalized spacial score (nSPS) is 13.1. The third-order valence-electron chi connectivity index (χ3n) is 10.4. The summed E-state index contributed by atoms with van der Waals surface area (Å²) in [6, 6.07) is -0.855. The summed E-state index contributed by atoms with van der Waals surface area (Å²) in [5, 5.41) is 11.9. The molecule has 0 saturated heterocycles. The number of carbonyl (C=O) groups is 3. The topological polar surface area (TPSA) is 119 Å². The highest BCUT2D eigenvalue weighted by molar-refractivity contribution is 5.83. The molecule has 1 amide bonds. The number of nitrogens with one attached hydrogen (secondary N) is 1. The lowest BCUT2D eigenvalue weighted by Crippen LogP contribution is -2.40. The smallest absolute Gasteiger partial charge is 0.326 e. The Morgan fingerprint density at radius 3 is 1.50 bits per heavy atom. The number of hydrogen-bond donors (Lipinski definition) is 3. The van der Waals surface area contributed by atoms with Crippen molar-refractivity contribution in [2.75, 3.05) is 6.54 Å². The first-order chi connectivity index (χ1) is 27.4. The van der Waals surface area contributed by atoms with E-state index in [0.717, 1.165) is 83.5 Å². The van der Waals surface area contributed by atoms with Gasteiger partial charge in [0, 0.05) is 12.8 Å². The van der Waals surface area contributed by atoms with E-state index >= 15 is 0 Å². The first-order valence-corrected chi connectivity index (χ1v) is 23.5. The zero-order valence-electron chi connectivity index (χ0n) is 36.5. The van der Waals surface area contributed by atoms with Gasteiger partial charge in [-0.05, 0) is 103 Å². The molecule has 0 fully saturated rings. The molecule has 0 aliphatic carbocycles. The molecular formula is C49H88N2O5. The van der Waals surface area contributed by atoms with Gasteiger partial charge in [0.2, 0.25) is 5.91 Å². The highest BCUT2D eigenvalue weighted by Crippen LogP contribution is 2.16. The van der Waals surface area contributed by atoms with Gasteiger partial charge in [-0.3, -0.25) is 9.59 Å². The molecule has 7 heteroatoms. The van der Waals surface area contributed by atoms with Crippen LogP contribution in [-0.2, 0) is 19.1 Å². The fraction of sp³-hybridized carbons (Fsp3) is 0.776. The molecule has 0 rings (SSSR count). The van der Waals surface area contributed by atoms with Gasteiger partial charge < -0.3 is 20.9 Å². The molecule has 7 nitrogen and oxygen atoms in total. The predicted octanol–water partition coefficient (Wildman–Crippen LogP) is 13.6. The molecule has 0 heterocycles. The SMILES string of the molecule is CCCCCCC/C=C\C/C=C\C/C=C\CCCCCCCCC(=O)OC(/C=C\CCCCCCCC)CCCCCCCCC(=O)NC(CCCN)C(=O)O. The number of hydrogen-bond acceptors (Lipinski definition) is 5. The van der Waals surface area contributed by atoms with Crippen LogP contribution in [0, 0.1) is 0 Å². The second kappa shape index (κ2) is 43.5. The van der Waals surface area contributed by atoms with Gasteiger partial charge in [-0.2, -0.15) is 0 Å². The zero-order valence-corrected chi connectivity index (χ0v) is 36.5. The molecule has 0 spiro atoms. The molecule has 2 unspecified atom stereocenters. The molecule has 0 bridgehead atoms. The number of carbonyl (C=O) groups excluding carboxylic acids is 2. The first kappa shape index (κ1) is 53.3. The zero-order chi connectivity index (χ0) is 41.0. The largest absolute Gasteiger partial charge is 0.480 e. The second-order valence-electron chi connectivity index (χ2n) is 15.8. The summed E-state index contributed by atoms with van der Waals surface area (Å²) < 4.78 is 5.96. The summed E-state index contributed by atoms with van der Waals surface area (Å²) in [5.41, 5.74) is 5.48. The molecule has 324 valence electrons. The van der Waals surface area contributed by atoms with E-state index in [2.05, 4.69) is 67.8 Å². The fourth-order valence-electron chi connectivity index (χ4n) is 6.78. The van der Waals surface area contributed by atoms with Gasteiger partial charge in [0.1, 0.15) is 12.1 Å². The van der Waals surface area contributed by atoms with Crippen LogP contribution in [0.4, 0.5) is 0 Å². The van der Waals surface area contributed by atoms with Crippen LogP contribution in [0.3, 0.4) is 0 Å². The van der Waals surface area contributed by atoms with E-state index in [0.29, 0.717) is 32.2 Å². The highest BCUT2D eigenvalue weighted by Gasteiger charge is 2.18. The van der Waals surface area contributed by atoms with Gasteiger partial charge in [-0.1, -0.05) is 166 Å². The third-order valence-corrected chi connectivity index (χ3v) is 10.4. The Morgan fingerprint density at radius 1 is 0.536 bits per heavy atom. The van der Waals surface area contributed by atoms with Gasteiger partial charge in [0.05, 0.1) is 0 Å². The minimum absolute atomic E-state index is 0.0707. The molecule has 0 aliphatic rings. The molecule has 0 aromatic carbocycles. The Bertz CT molecular complexity index is 1020. The summed E-state index contributed by atoms with van der Waals surface area (Å²) in [7, 11) is 0. The standard InChI is InChI=1S/C49H88N2O5/c1-3-5-7-9-11-13-14-15-16-17-18-19-20-21-22-23-24-25-27-33-37-43-48(53)56-45(39-34-30-26-12-10-8-6-4-2)40-35-31-28-29-32-36-42-47(52)51-46(49(54)55)41-38-44-50/h14-15,17-18,20-21,34,39,45-46H,3-13,16,19,22-33,35-38,40-44,50H2,1-2H3,(H,51,52)(H,54,55)/b15-14-,18-17-,21-20-,39-34-. The Balaban J connectivity index is 4.20. The Kier molecular flexibility index (Phi) is 41.4. The Labute approximate surface area is 345 Å². The minimum Gasteiger partial charge on any atom is -0.480 e. The van der Waals surface area contributed by atoms with Crippen LogP contribution >= 0.6 is 0 Å². The average Bonchev–Trinajstić information content (AvgIpc) is 3.18. The number of nitrogens with two attached hydrogens (primary N) is 1. The number of allylic oxidation sites excluding steroid dienone is 7. The van der Waals surface area contributed by atoms with Crippen molar-refractivity contribution in [3.05, 3.63) is 48.6 Å². The molecule has 0 saturated carbocycles. The van der Waals surface area contributed by atoms with E-state index in [1.165, 1.54) is 103 Å². The molecule has 56 heavy (non-hydrogen) atoms. The predicted molar refractivity (Wildman–Crippen MR) is 239 cm³/mol. The maximum absolute atomic E-state index is 12.8. The van der Waals surface area contributed by atoms with Crippen molar-refractivity contribution >= 4 is 17.8 Å². The number of esters is 1. The van der Waals surface area contributed by atoms with Crippen LogP contribution in [0.15, 0.2) is 48.6 Å². The number of carboxylic acid groups (broad SMARTS) is 1. The summed E-state index contributed by atoms with van der Waals surface area (Å²) in [6.07, 6.45) is 53.2. The van der Waals surface area contributed by atoms with Crippen LogP contribution in [0.2, 0.25) is 0 Å². The quantitative estimate of drug-likeness (QED) is 0.0322. The van der Waals surface area contributed by atoms with Crippen molar-refractivity contribution in [2.24, 2.45) is 5.73 Å². The van der Waals surface area contributed by atoms with E-state index in [4.69, 9.17) is 10.5 Å². The number of rotatable bonds is 42. The number of carboxylic acids is 1. The third kappa shape index (κ3) is 39.6. The highest BCUT2D eigenvalue weighted by atomic mass is 16.5. The molecule has 4 N–H and O–H groups in total. The molecule has 2 atom stereocenters. The summed E-state index contributed by atoms with van der Waals surface area (Å²) in [5.74, 6) is -1.28. The summed E-state index contributed by atoms with van der Waals surface area (Å²) in [4.78, 5) is 36.3. The molecule has 0 aromatic rings. The second-order valence-corrected chi connectivity index (χ2v) is 15.8. The summed E-state index contributed by atoms with van der Waals surface area (Å²) in [6.45, 7) is 4.92. The fourth-order valence-corrected chi connectivity index (χ4v) is 6.78. The maximum atomic E-state index is 12.8. The monoisotopic (exact) mass is 785 g/mol. The minimum atomic E-state index is -1.00. The van der Waals surface area contributed by atoms with Crippen molar-refractivity contribution in [1.82, 2.24) is 5.32 Å². The van der Waals surface area contributed by atoms with Gasteiger partial charge in [-0.15, -0.1) is 0 Å². The average molecular weight is 785 g/mol. The molecule has 0 radical (unpaired) electrons. The lowest BCUT2D eigenvalue weighted by Gasteiger charge is -2.15. The van der Waals surface area contributed by atoms with Crippen molar-refractivity contribution in [1.29, 1.82) is 0 Å². The molecule has 0 aromatic heterocycles. The van der Waals surface area contributed by atoms with Crippen molar-refractivity contribution in [2.45, 2.75) is 238 Å². The first-order valence-electron chi connectivity index (χ1n) is 23.5. The van der Waals surface area contributed by atoms with Crippen LogP contribution in [-0.4, -0.2) is 41.6 Å². The van der Waals surface area contributed by atoms with Crippen molar-refractivity contribution in [3.8, 4) is 0 Å². The van der Waals surface area contributed by atoms with E-state index in [-0.39, 0.29) is 18.0 Å². The van der Waals surface area contributed by atoms with Gasteiger partial charge in [-0.25, -0.2) is 4.79 Å². The van der Waals surface area contributed by atoms with E-state index < -0.39 is 12.0 Å². The van der Waals surface area contributed by atoms with Crippen LogP contribution < -0.4 is 11.1 Å².